The van der Waals surface area contributed by atoms with Crippen molar-refractivity contribution in [1.29, 1.82) is 0 Å². The van der Waals surface area contributed by atoms with Crippen molar-refractivity contribution in [1.82, 2.24) is 4.98 Å². The lowest BCUT2D eigenvalue weighted by Crippen LogP contribution is -2.33. The minimum atomic E-state index is -0.291. The van der Waals surface area contributed by atoms with Crippen molar-refractivity contribution in [2.24, 2.45) is 0 Å². The molecule has 25 heavy (non-hydrogen) atoms. The summed E-state index contributed by atoms with van der Waals surface area (Å²) >= 11 is 0. The Kier molecular flexibility index (Phi) is 4.15. The highest BCUT2D eigenvalue weighted by Gasteiger charge is 2.25. The molecule has 1 amide bonds. The average Bonchev–Trinajstić information content (AvgIpc) is 3.30. The van der Waals surface area contributed by atoms with Crippen LogP contribution in [0.5, 0.6) is 11.5 Å². The Morgan fingerprint density at radius 2 is 2.16 bits per heavy atom. The maximum atomic E-state index is 12.5. The second kappa shape index (κ2) is 6.60. The van der Waals surface area contributed by atoms with Gasteiger partial charge in [-0.3, -0.25) is 4.79 Å². The molecule has 2 aromatic rings. The third-order valence-electron chi connectivity index (χ3n) is 4.48. The van der Waals surface area contributed by atoms with Crippen LogP contribution in [0.4, 0.5) is 11.5 Å². The number of carbonyl (C=O) groups excluding carboxylic acids is 1. The number of nitrogens with one attached hydrogen (secondary N) is 1. The fourth-order valence-electron chi connectivity index (χ4n) is 3.21. The van der Waals surface area contributed by atoms with Crippen LogP contribution < -0.4 is 19.7 Å². The summed E-state index contributed by atoms with van der Waals surface area (Å²) in [6.07, 6.45) is 1.95. The van der Waals surface area contributed by atoms with Gasteiger partial charge in [0.05, 0.1) is 12.6 Å². The van der Waals surface area contributed by atoms with Crippen LogP contribution in [-0.2, 0) is 0 Å². The van der Waals surface area contributed by atoms with Gasteiger partial charge >= 0.3 is 0 Å². The Hall–Kier alpha value is -2.80. The predicted molar refractivity (Wildman–Crippen MR) is 92.2 cm³/mol. The van der Waals surface area contributed by atoms with Crippen molar-refractivity contribution >= 4 is 17.4 Å². The summed E-state index contributed by atoms with van der Waals surface area (Å²) in [6.45, 7) is 1.12. The second-order valence-corrected chi connectivity index (χ2v) is 6.08. The van der Waals surface area contributed by atoms with Gasteiger partial charge in [0.25, 0.3) is 5.91 Å². The van der Waals surface area contributed by atoms with E-state index in [9.17, 15) is 9.90 Å². The Bertz CT molecular complexity index is 796. The first kappa shape index (κ1) is 15.7. The number of aliphatic hydroxyl groups excluding tert-OH is 1. The number of aromatic nitrogens is 1. The molecule has 7 heteroatoms. The zero-order chi connectivity index (χ0) is 17.2. The van der Waals surface area contributed by atoms with E-state index in [1.165, 1.54) is 0 Å². The van der Waals surface area contributed by atoms with Crippen molar-refractivity contribution in [3.8, 4) is 11.5 Å². The summed E-state index contributed by atoms with van der Waals surface area (Å²) in [5, 5.41) is 12.3. The molecule has 0 spiro atoms. The Morgan fingerprint density at radius 3 is 3.04 bits per heavy atom. The summed E-state index contributed by atoms with van der Waals surface area (Å²) in [5.41, 5.74) is 0.953. The van der Waals surface area contributed by atoms with Gasteiger partial charge in [-0.15, -0.1) is 0 Å². The van der Waals surface area contributed by atoms with E-state index in [1.54, 1.807) is 24.3 Å². The largest absolute Gasteiger partial charge is 0.454 e. The number of carbonyl (C=O) groups is 1. The molecule has 3 heterocycles. The van der Waals surface area contributed by atoms with Gasteiger partial charge in [-0.2, -0.15) is 0 Å². The van der Waals surface area contributed by atoms with Crippen LogP contribution in [0.15, 0.2) is 36.4 Å². The van der Waals surface area contributed by atoms with E-state index in [1.807, 2.05) is 12.1 Å². The fourth-order valence-corrected chi connectivity index (χ4v) is 3.21. The Balaban J connectivity index is 1.51. The van der Waals surface area contributed by atoms with Crippen LogP contribution in [0.2, 0.25) is 0 Å². The molecule has 1 fully saturated rings. The number of ether oxygens (including phenoxy) is 2. The molecule has 1 aromatic carbocycles. The van der Waals surface area contributed by atoms with Gasteiger partial charge in [-0.25, -0.2) is 4.98 Å². The number of fused-ring (bicyclic) bond motifs is 1. The number of hydrogen-bond acceptors (Lipinski definition) is 6. The highest BCUT2D eigenvalue weighted by atomic mass is 16.7. The number of aliphatic hydroxyl groups is 1. The standard InChI is InChI=1S/C18H19N3O4/c22-10-13-3-2-8-21(13)17-5-1-4-14(20-17)18(23)19-12-6-7-15-16(9-12)25-11-24-15/h1,4-7,9,13,22H,2-3,8,10-11H2,(H,19,23). The van der Waals surface area contributed by atoms with E-state index in [0.717, 1.165) is 25.2 Å². The van der Waals surface area contributed by atoms with E-state index >= 15 is 0 Å². The number of hydrogen-bond donors (Lipinski definition) is 2. The molecule has 0 radical (unpaired) electrons. The van der Waals surface area contributed by atoms with Gasteiger partial charge < -0.3 is 24.8 Å². The molecule has 7 nitrogen and oxygen atoms in total. The minimum Gasteiger partial charge on any atom is -0.454 e. The van der Waals surface area contributed by atoms with E-state index in [-0.39, 0.29) is 25.3 Å². The van der Waals surface area contributed by atoms with Crippen LogP contribution in [-0.4, -0.2) is 42.0 Å². The molecule has 1 aromatic heterocycles. The van der Waals surface area contributed by atoms with Gasteiger partial charge in [0.2, 0.25) is 6.79 Å². The molecule has 1 atom stereocenters. The van der Waals surface area contributed by atoms with Crippen LogP contribution in [0.25, 0.3) is 0 Å². The minimum absolute atomic E-state index is 0.0691. The van der Waals surface area contributed by atoms with E-state index < -0.39 is 0 Å². The number of rotatable bonds is 4. The van der Waals surface area contributed by atoms with Crippen LogP contribution in [0, 0.1) is 0 Å². The fraction of sp³-hybridized carbons (Fsp3) is 0.333. The number of pyridine rings is 1. The van der Waals surface area contributed by atoms with Crippen molar-refractivity contribution < 1.29 is 19.4 Å². The molecule has 0 aliphatic carbocycles. The summed E-state index contributed by atoms with van der Waals surface area (Å²) in [5.74, 6) is 1.71. The molecular formula is C18H19N3O4. The lowest BCUT2D eigenvalue weighted by atomic mass is 10.2. The monoisotopic (exact) mass is 341 g/mol. The summed E-state index contributed by atoms with van der Waals surface area (Å²) < 4.78 is 10.6. The van der Waals surface area contributed by atoms with Gasteiger partial charge in [0.15, 0.2) is 11.5 Å². The van der Waals surface area contributed by atoms with E-state index in [0.29, 0.717) is 22.9 Å². The van der Waals surface area contributed by atoms with Crippen molar-refractivity contribution in [3.63, 3.8) is 0 Å². The summed E-state index contributed by atoms with van der Waals surface area (Å²) in [7, 11) is 0. The smallest absolute Gasteiger partial charge is 0.274 e. The highest BCUT2D eigenvalue weighted by Crippen LogP contribution is 2.34. The molecule has 1 saturated heterocycles. The highest BCUT2D eigenvalue weighted by molar-refractivity contribution is 6.03. The maximum absolute atomic E-state index is 12.5. The summed E-state index contributed by atoms with van der Waals surface area (Å²) in [4.78, 5) is 19.0. The van der Waals surface area contributed by atoms with Crippen molar-refractivity contribution in [3.05, 3.63) is 42.1 Å². The normalized spacial score (nSPS) is 18.4. The molecule has 0 bridgehead atoms. The molecule has 0 saturated carbocycles. The van der Waals surface area contributed by atoms with Crippen LogP contribution in [0.1, 0.15) is 23.3 Å². The molecule has 4 rings (SSSR count). The predicted octanol–water partition coefficient (Wildman–Crippen LogP) is 2.02. The first-order valence-corrected chi connectivity index (χ1v) is 8.30. The lowest BCUT2D eigenvalue weighted by Gasteiger charge is -2.24. The van der Waals surface area contributed by atoms with Crippen LogP contribution >= 0.6 is 0 Å². The zero-order valence-electron chi connectivity index (χ0n) is 13.6. The van der Waals surface area contributed by atoms with E-state index in [4.69, 9.17) is 9.47 Å². The lowest BCUT2D eigenvalue weighted by molar-refractivity contribution is 0.102. The quantitative estimate of drug-likeness (QED) is 0.885. The molecule has 2 aliphatic heterocycles. The van der Waals surface area contributed by atoms with Crippen molar-refractivity contribution in [2.75, 3.05) is 30.2 Å². The summed E-state index contributed by atoms with van der Waals surface area (Å²) in [6, 6.07) is 10.7. The van der Waals surface area contributed by atoms with Gasteiger partial charge in [-0.1, -0.05) is 6.07 Å². The third-order valence-corrected chi connectivity index (χ3v) is 4.48. The number of benzene rings is 1. The zero-order valence-corrected chi connectivity index (χ0v) is 13.6. The molecule has 1 unspecified atom stereocenters. The molecule has 2 N–H and O–H groups in total. The maximum Gasteiger partial charge on any atom is 0.274 e. The topological polar surface area (TPSA) is 83.9 Å². The first-order valence-electron chi connectivity index (χ1n) is 8.30. The number of anilines is 2. The second-order valence-electron chi connectivity index (χ2n) is 6.08. The number of amides is 1. The van der Waals surface area contributed by atoms with Gasteiger partial charge in [0.1, 0.15) is 11.5 Å². The van der Waals surface area contributed by atoms with E-state index in [2.05, 4.69) is 15.2 Å². The van der Waals surface area contributed by atoms with Crippen molar-refractivity contribution in [2.45, 2.75) is 18.9 Å². The molecule has 2 aliphatic rings. The first-order chi connectivity index (χ1) is 12.2. The molecule has 130 valence electrons. The Labute approximate surface area is 145 Å². The SMILES string of the molecule is O=C(Nc1ccc2c(c1)OCO2)c1cccc(N2CCCC2CO)n1. The van der Waals surface area contributed by atoms with Gasteiger partial charge in [0, 0.05) is 18.3 Å². The van der Waals surface area contributed by atoms with Crippen LogP contribution in [0.3, 0.4) is 0 Å². The Morgan fingerprint density at radius 1 is 1.28 bits per heavy atom. The molecular weight excluding hydrogens is 322 g/mol. The number of nitrogens with zero attached hydrogens (tertiary/aromatic N) is 2. The average molecular weight is 341 g/mol. The van der Waals surface area contributed by atoms with Gasteiger partial charge in [-0.05, 0) is 37.1 Å². The third kappa shape index (κ3) is 3.10.